The third kappa shape index (κ3) is 31.8. The molecule has 8 N–H and O–H groups in total. The Bertz CT molecular complexity index is 2340. The van der Waals surface area contributed by atoms with E-state index in [1.54, 1.807) is 56.4 Å². The summed E-state index contributed by atoms with van der Waals surface area (Å²) in [5.74, 6) is -6.32. The zero-order chi connectivity index (χ0) is 71.4. The molecule has 4 amide bonds. The first-order chi connectivity index (χ1) is 44.0. The molecular weight excluding hydrogens is 1250 g/mol. The molecule has 35 nitrogen and oxygen atoms in total. The smallest absolute Gasteiger partial charge is 0.407 e. The first kappa shape index (κ1) is 84.7. The average Bonchev–Trinajstić information content (AvgIpc) is 1.000. The molecule has 0 aliphatic heterocycles. The van der Waals surface area contributed by atoms with Gasteiger partial charge in [-0.1, -0.05) is 11.6 Å². The van der Waals surface area contributed by atoms with E-state index in [0.29, 0.717) is 58.4 Å². The molecule has 0 atom stereocenters. The number of aryl methyl sites for hydroxylation is 1. The van der Waals surface area contributed by atoms with Crippen LogP contribution in [0.5, 0.6) is 0 Å². The van der Waals surface area contributed by atoms with Crippen molar-refractivity contribution in [3.63, 3.8) is 0 Å². The Morgan fingerprint density at radius 2 is 0.649 bits per heavy atom. The number of hydrogen-bond donors (Lipinski definition) is 8. The number of aliphatic hydroxyl groups excluding tert-OH is 4. The molecule has 0 saturated heterocycles. The van der Waals surface area contributed by atoms with Crippen molar-refractivity contribution in [2.24, 2.45) is 32.5 Å². The molecule has 94 heavy (non-hydrogen) atoms. The molecule has 1 aromatic rings. The molecule has 1 aromatic heterocycles. The number of alkyl carbamates (subject to hydrolysis) is 4. The van der Waals surface area contributed by atoms with Gasteiger partial charge < -0.3 is 109 Å². The highest BCUT2D eigenvalue weighted by Gasteiger charge is 2.47. The number of esters is 6. The Balaban J connectivity index is 3.41. The SMILES string of the molecule is CN(C)CCNC(=O)OCC(C)(COC(=O)NCCN(C)C)C(=O)OCC(C)(COC(=O)C(C)(COC(=O)NCCN(C)C)COC(=O)NCCN(C)C)C(=O)OCc1cn(CCCCCCOC(=O)C(C)(COC(=O)C(C)(CO)CO)COC(=O)C(C)(CO)CO)nn1. The van der Waals surface area contributed by atoms with Crippen molar-refractivity contribution >= 4 is 60.2 Å². The van der Waals surface area contributed by atoms with Gasteiger partial charge in [0.05, 0.1) is 39.2 Å². The van der Waals surface area contributed by atoms with Gasteiger partial charge in [-0.05, 0) is 117 Å². The lowest BCUT2D eigenvalue weighted by Crippen LogP contribution is -2.47. The minimum absolute atomic E-state index is 0.105. The molecule has 0 saturated carbocycles. The van der Waals surface area contributed by atoms with E-state index in [1.165, 1.54) is 52.4 Å². The molecule has 0 aromatic carbocycles. The van der Waals surface area contributed by atoms with E-state index in [1.807, 2.05) is 19.6 Å². The van der Waals surface area contributed by atoms with Crippen LogP contribution in [0.25, 0.3) is 0 Å². The highest BCUT2D eigenvalue weighted by Crippen LogP contribution is 2.30. The van der Waals surface area contributed by atoms with Gasteiger partial charge >= 0.3 is 60.2 Å². The quantitative estimate of drug-likeness (QED) is 0.0215. The van der Waals surface area contributed by atoms with Crippen LogP contribution in [0.3, 0.4) is 0 Å². The maximum atomic E-state index is 14.4. The molecule has 0 radical (unpaired) electrons. The molecule has 540 valence electrons. The van der Waals surface area contributed by atoms with Crippen LogP contribution in [0.2, 0.25) is 0 Å². The summed E-state index contributed by atoms with van der Waals surface area (Å²) in [5.41, 5.74) is -10.9. The van der Waals surface area contributed by atoms with Gasteiger partial charge in [-0.2, -0.15) is 0 Å². The van der Waals surface area contributed by atoms with Gasteiger partial charge in [0.25, 0.3) is 0 Å². The second-order valence-corrected chi connectivity index (χ2v) is 25.6. The van der Waals surface area contributed by atoms with Crippen molar-refractivity contribution in [2.75, 3.05) is 195 Å². The van der Waals surface area contributed by atoms with E-state index in [-0.39, 0.29) is 38.5 Å². The Morgan fingerprint density at radius 1 is 0.383 bits per heavy atom. The molecule has 0 unspecified atom stereocenters. The van der Waals surface area contributed by atoms with Gasteiger partial charge in [0.1, 0.15) is 97.6 Å². The summed E-state index contributed by atoms with van der Waals surface area (Å²) in [6, 6.07) is 0. The highest BCUT2D eigenvalue weighted by molar-refractivity contribution is 5.83. The van der Waals surface area contributed by atoms with Crippen LogP contribution in [0.15, 0.2) is 6.20 Å². The van der Waals surface area contributed by atoms with E-state index in [9.17, 15) is 68.4 Å². The lowest BCUT2D eigenvalue weighted by atomic mass is 9.90. The number of unbranched alkanes of at least 4 members (excludes halogenated alkanes) is 3. The Morgan fingerprint density at radius 3 is 0.947 bits per heavy atom. The number of rotatable bonds is 47. The van der Waals surface area contributed by atoms with Crippen molar-refractivity contribution < 1.29 is 116 Å². The van der Waals surface area contributed by atoms with Crippen LogP contribution in [0, 0.1) is 32.5 Å². The van der Waals surface area contributed by atoms with Gasteiger partial charge in [-0.15, -0.1) is 5.10 Å². The zero-order valence-corrected chi connectivity index (χ0v) is 57.3. The Labute approximate surface area is 549 Å². The van der Waals surface area contributed by atoms with E-state index in [4.69, 9.17) is 47.4 Å². The summed E-state index contributed by atoms with van der Waals surface area (Å²) >= 11 is 0. The summed E-state index contributed by atoms with van der Waals surface area (Å²) in [6.07, 6.45) is -0.0954. The average molecular weight is 1350 g/mol. The van der Waals surface area contributed by atoms with Gasteiger partial charge in [0.2, 0.25) is 0 Å². The van der Waals surface area contributed by atoms with Crippen molar-refractivity contribution in [3.8, 4) is 0 Å². The van der Waals surface area contributed by atoms with E-state index in [2.05, 4.69) is 31.6 Å². The molecule has 1 rings (SSSR count). The molecule has 0 spiro atoms. The maximum Gasteiger partial charge on any atom is 0.407 e. The number of aliphatic hydroxyl groups is 4. The molecule has 0 aliphatic rings. The van der Waals surface area contributed by atoms with E-state index >= 15 is 0 Å². The molecular formula is C59H105N11O24. The van der Waals surface area contributed by atoms with Crippen molar-refractivity contribution in [3.05, 3.63) is 11.9 Å². The van der Waals surface area contributed by atoms with Crippen molar-refractivity contribution in [2.45, 2.75) is 80.4 Å². The summed E-state index contributed by atoms with van der Waals surface area (Å²) in [5, 5.41) is 57.0. The fourth-order valence-electron chi connectivity index (χ4n) is 7.12. The number of likely N-dealkylation sites (N-methyl/N-ethyl adjacent to an activating group) is 4. The zero-order valence-electron chi connectivity index (χ0n) is 57.3. The second-order valence-electron chi connectivity index (χ2n) is 25.6. The van der Waals surface area contributed by atoms with Gasteiger partial charge in [0.15, 0.2) is 0 Å². The van der Waals surface area contributed by atoms with Crippen LogP contribution in [-0.2, 0) is 89.3 Å². The van der Waals surface area contributed by atoms with Crippen LogP contribution in [-0.4, -0.2) is 310 Å². The number of hydrogen-bond acceptors (Lipinski definition) is 30. The summed E-state index contributed by atoms with van der Waals surface area (Å²) in [4.78, 5) is 140. The number of amides is 4. The number of carbonyl (C=O) groups is 10. The molecule has 0 aliphatic carbocycles. The van der Waals surface area contributed by atoms with Crippen molar-refractivity contribution in [1.29, 1.82) is 0 Å². The van der Waals surface area contributed by atoms with Gasteiger partial charge in [-0.3, -0.25) is 33.4 Å². The number of nitrogens with one attached hydrogen (secondary N) is 4. The number of aromatic nitrogens is 3. The lowest BCUT2D eigenvalue weighted by molar-refractivity contribution is -0.182. The summed E-state index contributed by atoms with van der Waals surface area (Å²) < 4.78 is 56.3. The lowest BCUT2D eigenvalue weighted by Gasteiger charge is -2.32. The third-order valence-electron chi connectivity index (χ3n) is 14.3. The van der Waals surface area contributed by atoms with Crippen molar-refractivity contribution in [1.82, 2.24) is 55.9 Å². The minimum atomic E-state index is -2.06. The molecule has 35 heteroatoms. The molecule has 0 fully saturated rings. The highest BCUT2D eigenvalue weighted by atomic mass is 16.6. The Kier molecular flexibility index (Phi) is 38.1. The standard InChI is InChI=1S/C59H105N11O24/c1-54(31-71,32-72)44(75)87-35-56(3,36-88-45(76)55(2,33-73)34-74)46(77)85-28-18-16-15-17-23-70-29-43(64-65-70)30-86-47(78)57(4,37-89-48(79)58(5,39-91-50(81)60-19-24-66(7)8)40-92-51(82)61-20-25-67(9)10)38-90-49(80)59(6,41-93-52(83)62-21-26-68(11)12)42-94-53(84)63-22-27-69(13)14/h29,71-74H,15-28,30-42H2,1-14H3,(H,60,81)(H,61,82)(H,62,83)(H,63,84). The normalized spacial score (nSPS) is 12.2. The van der Waals surface area contributed by atoms with Gasteiger partial charge in [0, 0.05) is 58.9 Å². The van der Waals surface area contributed by atoms with E-state index in [0.717, 1.165) is 0 Å². The molecule has 0 bridgehead atoms. The molecule has 1 heterocycles. The first-order valence-electron chi connectivity index (χ1n) is 30.6. The second kappa shape index (κ2) is 42.2. The van der Waals surface area contributed by atoms with Crippen LogP contribution < -0.4 is 21.3 Å². The van der Waals surface area contributed by atoms with Crippen LogP contribution in [0.4, 0.5) is 19.2 Å². The number of nitrogens with zero attached hydrogens (tertiary/aromatic N) is 7. The number of carbonyl (C=O) groups excluding carboxylic acids is 10. The first-order valence-corrected chi connectivity index (χ1v) is 30.6. The van der Waals surface area contributed by atoms with Crippen LogP contribution in [0.1, 0.15) is 72.9 Å². The predicted octanol–water partition coefficient (Wildman–Crippen LogP) is -1.24. The van der Waals surface area contributed by atoms with Gasteiger partial charge in [-0.25, -0.2) is 19.2 Å². The fourth-order valence-corrected chi connectivity index (χ4v) is 7.12. The topological polar surface area (TPSA) is 436 Å². The number of ether oxygens (including phenoxy) is 10. The predicted molar refractivity (Wildman–Crippen MR) is 332 cm³/mol. The third-order valence-corrected chi connectivity index (χ3v) is 14.3. The monoisotopic (exact) mass is 1350 g/mol. The fraction of sp³-hybridized carbons (Fsp3) is 0.797. The van der Waals surface area contributed by atoms with Crippen LogP contribution >= 0.6 is 0 Å². The summed E-state index contributed by atoms with van der Waals surface area (Å²) in [6.45, 7) is 0.971. The summed E-state index contributed by atoms with van der Waals surface area (Å²) in [7, 11) is 14.3. The largest absolute Gasteiger partial charge is 0.465 e. The Hall–Kier alpha value is -7.28. The van der Waals surface area contributed by atoms with E-state index < -0.39 is 179 Å². The maximum absolute atomic E-state index is 14.4. The minimum Gasteiger partial charge on any atom is -0.465 e.